The van der Waals surface area contributed by atoms with Gasteiger partial charge in [0.25, 0.3) is 0 Å². The van der Waals surface area contributed by atoms with Crippen molar-refractivity contribution in [3.63, 3.8) is 0 Å². The molecule has 2 rings (SSSR count). The molecule has 0 aliphatic carbocycles. The summed E-state index contributed by atoms with van der Waals surface area (Å²) < 4.78 is 5.08. The largest absolute Gasteiger partial charge is 0.478 e. The van der Waals surface area contributed by atoms with Crippen molar-refractivity contribution in [2.45, 2.75) is 26.7 Å². The second kappa shape index (κ2) is 7.81. The Bertz CT molecular complexity index is 644. The van der Waals surface area contributed by atoms with E-state index in [2.05, 4.69) is 5.32 Å². The highest BCUT2D eigenvalue weighted by atomic mass is 16.5. The van der Waals surface area contributed by atoms with Gasteiger partial charge in [-0.3, -0.25) is 9.59 Å². The van der Waals surface area contributed by atoms with Gasteiger partial charge in [-0.1, -0.05) is 0 Å². The molecule has 7 heteroatoms. The number of nitrogens with one attached hydrogen (secondary N) is 1. The number of esters is 1. The van der Waals surface area contributed by atoms with E-state index in [0.29, 0.717) is 31.1 Å². The summed E-state index contributed by atoms with van der Waals surface area (Å²) in [5.41, 5.74) is 1.08. The third-order valence-corrected chi connectivity index (χ3v) is 3.93. The number of piperidine rings is 1. The number of anilines is 2. The highest BCUT2D eigenvalue weighted by molar-refractivity contribution is 5.97. The van der Waals surface area contributed by atoms with Crippen molar-refractivity contribution in [1.82, 2.24) is 0 Å². The highest BCUT2D eigenvalue weighted by Crippen LogP contribution is 2.29. The van der Waals surface area contributed by atoms with Crippen molar-refractivity contribution >= 4 is 29.2 Å². The number of carbonyl (C=O) groups excluding carboxylic acids is 2. The van der Waals surface area contributed by atoms with Gasteiger partial charge in [0.15, 0.2) is 0 Å². The fraction of sp³-hybridized carbons (Fsp3) is 0.471. The second-order valence-corrected chi connectivity index (χ2v) is 5.76. The number of amides is 1. The lowest BCUT2D eigenvalue weighted by molar-refractivity contribution is -0.148. The van der Waals surface area contributed by atoms with Crippen molar-refractivity contribution in [3.05, 3.63) is 23.8 Å². The second-order valence-electron chi connectivity index (χ2n) is 5.76. The summed E-state index contributed by atoms with van der Waals surface area (Å²) in [6.45, 7) is 4.57. The Labute approximate surface area is 140 Å². The van der Waals surface area contributed by atoms with E-state index in [1.165, 1.54) is 13.0 Å². The molecule has 1 aromatic rings. The van der Waals surface area contributed by atoms with E-state index in [1.54, 1.807) is 19.1 Å². The number of benzene rings is 1. The van der Waals surface area contributed by atoms with Gasteiger partial charge < -0.3 is 20.1 Å². The third-order valence-electron chi connectivity index (χ3n) is 3.93. The van der Waals surface area contributed by atoms with Crippen LogP contribution in [0.5, 0.6) is 0 Å². The van der Waals surface area contributed by atoms with Crippen LogP contribution in [0.3, 0.4) is 0 Å². The molecule has 0 aromatic heterocycles. The Morgan fingerprint density at radius 1 is 1.38 bits per heavy atom. The fourth-order valence-electron chi connectivity index (χ4n) is 2.91. The first kappa shape index (κ1) is 17.8. The van der Waals surface area contributed by atoms with Gasteiger partial charge in [-0.25, -0.2) is 4.79 Å². The van der Waals surface area contributed by atoms with Gasteiger partial charge in [0, 0.05) is 25.7 Å². The lowest BCUT2D eigenvalue weighted by Gasteiger charge is -2.34. The van der Waals surface area contributed by atoms with Crippen molar-refractivity contribution < 1.29 is 24.2 Å². The molecular formula is C17H22N2O5. The van der Waals surface area contributed by atoms with E-state index in [-0.39, 0.29) is 23.4 Å². The van der Waals surface area contributed by atoms with Crippen LogP contribution in [0, 0.1) is 5.92 Å². The van der Waals surface area contributed by atoms with Crippen LogP contribution in [-0.2, 0) is 14.3 Å². The third kappa shape index (κ3) is 4.24. The molecule has 0 saturated carbocycles. The molecule has 1 aromatic carbocycles. The number of carboxylic acids is 1. The number of nitrogens with zero attached hydrogens (tertiary/aromatic N) is 1. The van der Waals surface area contributed by atoms with Crippen LogP contribution in [0.4, 0.5) is 11.4 Å². The Morgan fingerprint density at radius 2 is 2.12 bits per heavy atom. The lowest BCUT2D eigenvalue weighted by atomic mass is 9.96. The quantitative estimate of drug-likeness (QED) is 0.801. The number of carbonyl (C=O) groups is 3. The van der Waals surface area contributed by atoms with E-state index in [1.807, 2.05) is 4.90 Å². The SMILES string of the molecule is CCOC(=O)[C@@H]1CCCN(c2ccc(NC(C)=O)cc2C(=O)O)C1. The molecule has 1 aliphatic heterocycles. The molecule has 1 amide bonds. The predicted octanol–water partition coefficient (Wildman–Crippen LogP) is 2.12. The molecule has 0 bridgehead atoms. The standard InChI is InChI=1S/C17H22N2O5/c1-3-24-17(23)12-5-4-8-19(10-12)15-7-6-13(18-11(2)20)9-14(15)16(21)22/h6-7,9,12H,3-5,8,10H2,1-2H3,(H,18,20)(H,21,22)/t12-/m1/s1. The molecule has 1 fully saturated rings. The highest BCUT2D eigenvalue weighted by Gasteiger charge is 2.29. The monoisotopic (exact) mass is 334 g/mol. The van der Waals surface area contributed by atoms with E-state index >= 15 is 0 Å². The lowest BCUT2D eigenvalue weighted by Crippen LogP contribution is -2.40. The first-order valence-electron chi connectivity index (χ1n) is 7.99. The Morgan fingerprint density at radius 3 is 2.75 bits per heavy atom. The number of hydrogen-bond donors (Lipinski definition) is 2. The summed E-state index contributed by atoms with van der Waals surface area (Å²) in [5.74, 6) is -1.83. The maximum atomic E-state index is 12.0. The van der Waals surface area contributed by atoms with E-state index in [9.17, 15) is 19.5 Å². The number of aromatic carboxylic acids is 1. The summed E-state index contributed by atoms with van der Waals surface area (Å²) in [6.07, 6.45) is 1.53. The first-order valence-corrected chi connectivity index (χ1v) is 7.99. The minimum atomic E-state index is -1.07. The van der Waals surface area contributed by atoms with Gasteiger partial charge in [-0.2, -0.15) is 0 Å². The Balaban J connectivity index is 2.25. The van der Waals surface area contributed by atoms with Gasteiger partial charge in [-0.15, -0.1) is 0 Å². The van der Waals surface area contributed by atoms with E-state index in [4.69, 9.17) is 4.74 Å². The summed E-state index contributed by atoms with van der Waals surface area (Å²) in [7, 11) is 0. The molecule has 0 unspecified atom stereocenters. The average molecular weight is 334 g/mol. The predicted molar refractivity (Wildman–Crippen MR) is 89.3 cm³/mol. The van der Waals surface area contributed by atoms with Gasteiger partial charge >= 0.3 is 11.9 Å². The van der Waals surface area contributed by atoms with Crippen molar-refractivity contribution in [1.29, 1.82) is 0 Å². The normalized spacial score (nSPS) is 17.2. The molecule has 0 radical (unpaired) electrons. The van der Waals surface area contributed by atoms with E-state index in [0.717, 1.165) is 12.8 Å². The van der Waals surface area contributed by atoms with Gasteiger partial charge in [0.05, 0.1) is 23.8 Å². The van der Waals surface area contributed by atoms with Gasteiger partial charge in [0.1, 0.15) is 0 Å². The summed E-state index contributed by atoms with van der Waals surface area (Å²) >= 11 is 0. The Kier molecular flexibility index (Phi) is 5.78. The van der Waals surface area contributed by atoms with Crippen LogP contribution < -0.4 is 10.2 Å². The first-order chi connectivity index (χ1) is 11.4. The zero-order valence-corrected chi connectivity index (χ0v) is 13.9. The number of carboxylic acid groups (broad SMARTS) is 1. The van der Waals surface area contributed by atoms with Gasteiger partial charge in [-0.05, 0) is 38.0 Å². The van der Waals surface area contributed by atoms with E-state index < -0.39 is 5.97 Å². The van der Waals surface area contributed by atoms with Gasteiger partial charge in [0.2, 0.25) is 5.91 Å². The molecule has 1 aliphatic rings. The molecule has 0 spiro atoms. The molecule has 1 saturated heterocycles. The average Bonchev–Trinajstić information content (AvgIpc) is 2.54. The van der Waals surface area contributed by atoms with Crippen LogP contribution in [-0.4, -0.2) is 42.6 Å². The smallest absolute Gasteiger partial charge is 0.337 e. The minimum Gasteiger partial charge on any atom is -0.478 e. The molecule has 7 nitrogen and oxygen atoms in total. The molecule has 24 heavy (non-hydrogen) atoms. The summed E-state index contributed by atoms with van der Waals surface area (Å²) in [6, 6.07) is 4.77. The summed E-state index contributed by atoms with van der Waals surface area (Å²) in [5, 5.41) is 12.1. The zero-order chi connectivity index (χ0) is 17.7. The number of hydrogen-bond acceptors (Lipinski definition) is 5. The maximum absolute atomic E-state index is 12.0. The maximum Gasteiger partial charge on any atom is 0.337 e. The number of rotatable bonds is 5. The fourth-order valence-corrected chi connectivity index (χ4v) is 2.91. The van der Waals surface area contributed by atoms with Crippen LogP contribution in [0.1, 0.15) is 37.0 Å². The molecule has 1 atom stereocenters. The summed E-state index contributed by atoms with van der Waals surface area (Å²) in [4.78, 5) is 36.6. The molecule has 2 N–H and O–H groups in total. The van der Waals surface area contributed by atoms with Crippen LogP contribution in [0.2, 0.25) is 0 Å². The molecule has 1 heterocycles. The molecular weight excluding hydrogens is 312 g/mol. The molecule has 130 valence electrons. The minimum absolute atomic E-state index is 0.103. The van der Waals surface area contributed by atoms with Crippen LogP contribution in [0.25, 0.3) is 0 Å². The Hall–Kier alpha value is -2.57. The van der Waals surface area contributed by atoms with Crippen LogP contribution in [0.15, 0.2) is 18.2 Å². The van der Waals surface area contributed by atoms with Crippen molar-refractivity contribution in [2.75, 3.05) is 29.9 Å². The van der Waals surface area contributed by atoms with Crippen molar-refractivity contribution in [3.8, 4) is 0 Å². The van der Waals surface area contributed by atoms with Crippen LogP contribution >= 0.6 is 0 Å². The zero-order valence-electron chi connectivity index (χ0n) is 13.9. The number of ether oxygens (including phenoxy) is 1. The van der Waals surface area contributed by atoms with Crippen molar-refractivity contribution in [2.24, 2.45) is 5.92 Å². The topological polar surface area (TPSA) is 95.9 Å².